The van der Waals surface area contributed by atoms with Crippen LogP contribution in [-0.2, 0) is 6.54 Å². The molecular formula is C25H43N5O2. The minimum atomic E-state index is 0.286. The Morgan fingerprint density at radius 2 is 1.88 bits per heavy atom. The quantitative estimate of drug-likeness (QED) is 0.426. The van der Waals surface area contributed by atoms with Crippen molar-refractivity contribution in [2.45, 2.75) is 65.1 Å². The van der Waals surface area contributed by atoms with E-state index in [-0.39, 0.29) is 6.10 Å². The third kappa shape index (κ3) is 7.01. The number of aliphatic imine (C=N–C) groups is 1. The normalized spacial score (nSPS) is 19.7. The number of nitrogens with one attached hydrogen (secondary N) is 2. The summed E-state index contributed by atoms with van der Waals surface area (Å²) in [7, 11) is 1.71. The summed E-state index contributed by atoms with van der Waals surface area (Å²) >= 11 is 0. The third-order valence-electron chi connectivity index (χ3n) is 6.66. The monoisotopic (exact) mass is 445 g/mol. The van der Waals surface area contributed by atoms with Crippen molar-refractivity contribution in [3.63, 3.8) is 0 Å². The molecule has 32 heavy (non-hydrogen) atoms. The van der Waals surface area contributed by atoms with Crippen molar-refractivity contribution in [2.75, 3.05) is 52.9 Å². The highest BCUT2D eigenvalue weighted by molar-refractivity contribution is 5.79. The van der Waals surface area contributed by atoms with E-state index in [0.29, 0.717) is 12.6 Å². The van der Waals surface area contributed by atoms with Gasteiger partial charge >= 0.3 is 0 Å². The first-order valence-electron chi connectivity index (χ1n) is 12.5. The van der Waals surface area contributed by atoms with Crippen LogP contribution in [0.2, 0.25) is 0 Å². The van der Waals surface area contributed by atoms with Gasteiger partial charge in [-0.25, -0.2) is 4.99 Å². The minimum absolute atomic E-state index is 0.286. The van der Waals surface area contributed by atoms with E-state index in [0.717, 1.165) is 81.7 Å². The molecule has 3 rings (SSSR count). The first-order valence-corrected chi connectivity index (χ1v) is 12.5. The van der Waals surface area contributed by atoms with Crippen LogP contribution < -0.4 is 20.1 Å². The second-order valence-corrected chi connectivity index (χ2v) is 8.87. The van der Waals surface area contributed by atoms with Crippen LogP contribution in [0.4, 0.5) is 0 Å². The molecule has 7 nitrogen and oxygen atoms in total. The molecular weight excluding hydrogens is 402 g/mol. The number of methoxy groups -OCH3 is 1. The standard InChI is InChI=1S/C25H43N5O2/c1-5-26-25(27-18-20(3)30-16-14-29(6-2)15-17-30)28-19-21-10-9-13-23(31-4)24(21)32-22-11-7-8-12-22/h9-10,13,20,22H,5-8,11-12,14-19H2,1-4H3,(H2,26,27,28). The summed E-state index contributed by atoms with van der Waals surface area (Å²) in [6, 6.07) is 6.55. The Morgan fingerprint density at radius 1 is 1.12 bits per heavy atom. The molecule has 1 saturated heterocycles. The van der Waals surface area contributed by atoms with Crippen LogP contribution in [0.3, 0.4) is 0 Å². The number of nitrogens with zero attached hydrogens (tertiary/aromatic N) is 3. The van der Waals surface area contributed by atoms with E-state index in [1.807, 2.05) is 12.1 Å². The number of hydrogen-bond donors (Lipinski definition) is 2. The SMILES string of the molecule is CCNC(=NCc1cccc(OC)c1OC1CCCC1)NCC(C)N1CCN(CC)CC1. The second kappa shape index (κ2) is 12.9. The van der Waals surface area contributed by atoms with Gasteiger partial charge in [-0.1, -0.05) is 19.1 Å². The van der Waals surface area contributed by atoms with Crippen LogP contribution in [-0.4, -0.2) is 80.8 Å². The Kier molecular flexibility index (Phi) is 9.93. The molecule has 0 aromatic heterocycles. The fraction of sp³-hybridized carbons (Fsp3) is 0.720. The number of likely N-dealkylation sites (N-methyl/N-ethyl adjacent to an activating group) is 1. The molecule has 1 unspecified atom stereocenters. The van der Waals surface area contributed by atoms with Crippen LogP contribution in [0.25, 0.3) is 0 Å². The van der Waals surface area contributed by atoms with Crippen LogP contribution >= 0.6 is 0 Å². The lowest BCUT2D eigenvalue weighted by molar-refractivity contribution is 0.107. The maximum Gasteiger partial charge on any atom is 0.191 e. The number of hydrogen-bond acceptors (Lipinski definition) is 5. The van der Waals surface area contributed by atoms with Crippen LogP contribution in [0.5, 0.6) is 11.5 Å². The molecule has 1 aromatic rings. The molecule has 0 spiro atoms. The van der Waals surface area contributed by atoms with Gasteiger partial charge in [-0.05, 0) is 52.1 Å². The van der Waals surface area contributed by atoms with Crippen molar-refractivity contribution in [1.82, 2.24) is 20.4 Å². The highest BCUT2D eigenvalue weighted by atomic mass is 16.5. The van der Waals surface area contributed by atoms with E-state index in [9.17, 15) is 0 Å². The smallest absolute Gasteiger partial charge is 0.191 e. The highest BCUT2D eigenvalue weighted by Crippen LogP contribution is 2.35. The molecule has 1 aromatic carbocycles. The van der Waals surface area contributed by atoms with Crippen LogP contribution in [0, 0.1) is 0 Å². The van der Waals surface area contributed by atoms with Gasteiger partial charge in [0, 0.05) is 50.9 Å². The van der Waals surface area contributed by atoms with Crippen LogP contribution in [0.1, 0.15) is 52.0 Å². The fourth-order valence-electron chi connectivity index (χ4n) is 4.55. The van der Waals surface area contributed by atoms with Gasteiger partial charge in [0.2, 0.25) is 0 Å². The van der Waals surface area contributed by atoms with Crippen molar-refractivity contribution in [1.29, 1.82) is 0 Å². The Labute approximate surface area is 194 Å². The minimum Gasteiger partial charge on any atom is -0.493 e. The van der Waals surface area contributed by atoms with Gasteiger partial charge in [0.25, 0.3) is 0 Å². The van der Waals surface area contributed by atoms with E-state index in [1.165, 1.54) is 12.8 Å². The number of guanidine groups is 1. The average Bonchev–Trinajstić information content (AvgIpc) is 3.34. The molecule has 180 valence electrons. The summed E-state index contributed by atoms with van der Waals surface area (Å²) in [4.78, 5) is 9.95. The summed E-state index contributed by atoms with van der Waals surface area (Å²) in [6.07, 6.45) is 5.01. The lowest BCUT2D eigenvalue weighted by Crippen LogP contribution is -2.53. The van der Waals surface area contributed by atoms with Gasteiger partial charge < -0.3 is 25.0 Å². The molecule has 7 heteroatoms. The summed E-state index contributed by atoms with van der Waals surface area (Å²) in [6.45, 7) is 14.6. The van der Waals surface area contributed by atoms with Crippen LogP contribution in [0.15, 0.2) is 23.2 Å². The molecule has 0 bridgehead atoms. The van der Waals surface area contributed by atoms with Crippen molar-refractivity contribution >= 4 is 5.96 Å². The van der Waals surface area contributed by atoms with Crippen molar-refractivity contribution < 1.29 is 9.47 Å². The first-order chi connectivity index (χ1) is 15.6. The van der Waals surface area contributed by atoms with Gasteiger partial charge in [-0.15, -0.1) is 0 Å². The van der Waals surface area contributed by atoms with Gasteiger partial charge in [-0.2, -0.15) is 0 Å². The molecule has 0 radical (unpaired) electrons. The lowest BCUT2D eigenvalue weighted by Gasteiger charge is -2.37. The molecule has 0 amide bonds. The number of benzene rings is 1. The molecule has 1 atom stereocenters. The largest absolute Gasteiger partial charge is 0.493 e. The van der Waals surface area contributed by atoms with Gasteiger partial charge in [0.15, 0.2) is 17.5 Å². The lowest BCUT2D eigenvalue weighted by atomic mass is 10.1. The van der Waals surface area contributed by atoms with Gasteiger partial charge in [0.05, 0.1) is 19.8 Å². The topological polar surface area (TPSA) is 61.4 Å². The summed E-state index contributed by atoms with van der Waals surface area (Å²) in [5.74, 6) is 2.49. The van der Waals surface area contributed by atoms with Gasteiger partial charge in [-0.3, -0.25) is 4.90 Å². The molecule has 2 N–H and O–H groups in total. The number of ether oxygens (including phenoxy) is 2. The van der Waals surface area contributed by atoms with E-state index in [4.69, 9.17) is 14.5 Å². The van der Waals surface area contributed by atoms with Crippen molar-refractivity contribution in [2.24, 2.45) is 4.99 Å². The fourth-order valence-corrected chi connectivity index (χ4v) is 4.55. The Balaban J connectivity index is 1.60. The second-order valence-electron chi connectivity index (χ2n) is 8.87. The number of rotatable bonds is 10. The Morgan fingerprint density at radius 3 is 2.53 bits per heavy atom. The van der Waals surface area contributed by atoms with E-state index in [2.05, 4.69) is 47.3 Å². The zero-order chi connectivity index (χ0) is 22.8. The van der Waals surface area contributed by atoms with Crippen molar-refractivity contribution in [3.8, 4) is 11.5 Å². The molecule has 2 fully saturated rings. The number of para-hydroxylation sites is 1. The van der Waals surface area contributed by atoms with Gasteiger partial charge in [0.1, 0.15) is 0 Å². The molecule has 1 heterocycles. The Bertz CT molecular complexity index is 712. The maximum absolute atomic E-state index is 6.37. The predicted molar refractivity (Wildman–Crippen MR) is 132 cm³/mol. The molecule has 2 aliphatic rings. The summed E-state index contributed by atoms with van der Waals surface area (Å²) in [5, 5.41) is 6.93. The average molecular weight is 446 g/mol. The maximum atomic E-state index is 6.37. The predicted octanol–water partition coefficient (Wildman–Crippen LogP) is 3.10. The zero-order valence-electron chi connectivity index (χ0n) is 20.5. The summed E-state index contributed by atoms with van der Waals surface area (Å²) in [5.41, 5.74) is 1.07. The van der Waals surface area contributed by atoms with E-state index < -0.39 is 0 Å². The highest BCUT2D eigenvalue weighted by Gasteiger charge is 2.21. The van der Waals surface area contributed by atoms with E-state index >= 15 is 0 Å². The molecule has 1 aliphatic carbocycles. The van der Waals surface area contributed by atoms with Crippen molar-refractivity contribution in [3.05, 3.63) is 23.8 Å². The van der Waals surface area contributed by atoms with E-state index in [1.54, 1.807) is 7.11 Å². The number of piperazine rings is 1. The summed E-state index contributed by atoms with van der Waals surface area (Å²) < 4.78 is 12.0. The molecule has 1 saturated carbocycles. The first kappa shape index (κ1) is 24.6. The molecule has 1 aliphatic heterocycles. The zero-order valence-corrected chi connectivity index (χ0v) is 20.5. The third-order valence-corrected chi connectivity index (χ3v) is 6.66. The Hall–Kier alpha value is -1.99.